The summed E-state index contributed by atoms with van der Waals surface area (Å²) in [5.41, 5.74) is 0.457. The van der Waals surface area contributed by atoms with Crippen molar-refractivity contribution in [2.45, 2.75) is 0 Å². The highest BCUT2D eigenvalue weighted by atomic mass is 35.5. The van der Waals surface area contributed by atoms with Crippen LogP contribution in [0.1, 0.15) is 20.9 Å². The zero-order chi connectivity index (χ0) is 18.8. The first kappa shape index (κ1) is 18.0. The van der Waals surface area contributed by atoms with Crippen LogP contribution in [0.4, 0.5) is 0 Å². The second-order valence-electron chi connectivity index (χ2n) is 5.11. The van der Waals surface area contributed by atoms with Gasteiger partial charge < -0.3 is 14.6 Å². The smallest absolute Gasteiger partial charge is 0.347 e. The summed E-state index contributed by atoms with van der Waals surface area (Å²) < 4.78 is 11.6. The maximum Gasteiger partial charge on any atom is 0.347 e. The number of halogens is 1. The summed E-state index contributed by atoms with van der Waals surface area (Å²) in [4.78, 5) is 27.9. The van der Waals surface area contributed by atoms with E-state index in [9.17, 15) is 9.59 Å². The average Bonchev–Trinajstić information content (AvgIpc) is 3.08. The molecule has 3 rings (SSSR count). The van der Waals surface area contributed by atoms with Crippen molar-refractivity contribution < 1.29 is 19.4 Å². The van der Waals surface area contributed by atoms with Crippen LogP contribution in [0.3, 0.4) is 0 Å². The normalized spacial score (nSPS) is 11.2. The van der Waals surface area contributed by atoms with Crippen molar-refractivity contribution >= 4 is 46.0 Å². The fourth-order valence-corrected chi connectivity index (χ4v) is 3.29. The zero-order valence-corrected chi connectivity index (χ0v) is 15.3. The molecular formula is C17H13ClN2O5S. The lowest BCUT2D eigenvalue weighted by atomic mass is 10.1. The monoisotopic (exact) mass is 392 g/mol. The summed E-state index contributed by atoms with van der Waals surface area (Å²) >= 11 is 7.00. The number of ether oxygens (including phenoxy) is 2. The van der Waals surface area contributed by atoms with Crippen LogP contribution in [0, 0.1) is 0 Å². The minimum Gasteiger partial charge on any atom is -0.497 e. The molecule has 9 heteroatoms. The Morgan fingerprint density at radius 3 is 2.73 bits per heavy atom. The minimum atomic E-state index is -1.13. The van der Waals surface area contributed by atoms with Gasteiger partial charge in [-0.05, 0) is 24.3 Å². The van der Waals surface area contributed by atoms with Gasteiger partial charge >= 0.3 is 5.97 Å². The number of aromatic carboxylic acids is 1. The van der Waals surface area contributed by atoms with Gasteiger partial charge in [0.25, 0.3) is 5.56 Å². The largest absolute Gasteiger partial charge is 0.497 e. The maximum absolute atomic E-state index is 12.3. The Kier molecular flexibility index (Phi) is 4.97. The fraction of sp³-hybridized carbons (Fsp3) is 0.118. The number of carboxylic acids is 1. The highest BCUT2D eigenvalue weighted by molar-refractivity contribution is 7.18. The lowest BCUT2D eigenvalue weighted by Gasteiger charge is -2.07. The van der Waals surface area contributed by atoms with Crippen LogP contribution >= 0.6 is 22.9 Å². The van der Waals surface area contributed by atoms with Crippen molar-refractivity contribution in [3.05, 3.63) is 55.9 Å². The lowest BCUT2D eigenvalue weighted by molar-refractivity contribution is 0.0701. The van der Waals surface area contributed by atoms with E-state index in [1.807, 2.05) is 0 Å². The van der Waals surface area contributed by atoms with Crippen molar-refractivity contribution in [2.24, 2.45) is 0 Å². The summed E-state index contributed by atoms with van der Waals surface area (Å²) in [7, 11) is 3.10. The van der Waals surface area contributed by atoms with Crippen molar-refractivity contribution in [1.29, 1.82) is 0 Å². The number of rotatable bonds is 5. The van der Waals surface area contributed by atoms with Crippen LogP contribution in [0.25, 0.3) is 17.1 Å². The van der Waals surface area contributed by atoms with Gasteiger partial charge in [-0.3, -0.25) is 9.20 Å². The number of hydrogen-bond donors (Lipinski definition) is 1. The molecule has 0 fully saturated rings. The first-order valence-electron chi connectivity index (χ1n) is 7.29. The topological polar surface area (TPSA) is 90.1 Å². The molecule has 26 heavy (non-hydrogen) atoms. The second-order valence-corrected chi connectivity index (χ2v) is 6.50. The van der Waals surface area contributed by atoms with Crippen LogP contribution in [-0.2, 0) is 0 Å². The summed E-state index contributed by atoms with van der Waals surface area (Å²) in [6, 6.07) is 5.29. The van der Waals surface area contributed by atoms with Crippen molar-refractivity contribution in [3.63, 3.8) is 0 Å². The molecule has 0 unspecified atom stereocenters. The number of benzene rings is 1. The van der Waals surface area contributed by atoms with E-state index in [1.165, 1.54) is 13.3 Å². The van der Waals surface area contributed by atoms with Crippen LogP contribution in [0.5, 0.6) is 11.5 Å². The Morgan fingerprint density at radius 1 is 1.31 bits per heavy atom. The van der Waals surface area contributed by atoms with Gasteiger partial charge in [-0.15, -0.1) is 0 Å². The molecule has 2 aromatic heterocycles. The van der Waals surface area contributed by atoms with E-state index in [4.69, 9.17) is 26.2 Å². The summed E-state index contributed by atoms with van der Waals surface area (Å²) in [5.74, 6) is 0.101. The van der Waals surface area contributed by atoms with E-state index < -0.39 is 11.5 Å². The number of methoxy groups -OCH3 is 2. The third kappa shape index (κ3) is 3.29. The zero-order valence-electron chi connectivity index (χ0n) is 13.7. The predicted octanol–water partition coefficient (Wildman–Crippen LogP) is 3.30. The quantitative estimate of drug-likeness (QED) is 0.716. The van der Waals surface area contributed by atoms with Crippen molar-refractivity contribution in [2.75, 3.05) is 14.2 Å². The number of thiazole rings is 1. The van der Waals surface area contributed by atoms with E-state index >= 15 is 0 Å². The molecule has 0 atom stereocenters. The first-order chi connectivity index (χ1) is 12.4. The van der Waals surface area contributed by atoms with Crippen LogP contribution in [-0.4, -0.2) is 34.7 Å². The Labute approximate surface area is 156 Å². The number of carboxylic acid groups (broad SMARTS) is 1. The summed E-state index contributed by atoms with van der Waals surface area (Å²) in [6.45, 7) is 0. The molecule has 134 valence electrons. The van der Waals surface area contributed by atoms with Gasteiger partial charge in [0.05, 0.1) is 19.9 Å². The third-order valence-electron chi connectivity index (χ3n) is 3.57. The Bertz CT molecular complexity index is 1090. The molecule has 0 amide bonds. The van der Waals surface area contributed by atoms with Gasteiger partial charge in [-0.2, -0.15) is 0 Å². The maximum atomic E-state index is 12.3. The number of hydrogen-bond acceptors (Lipinski definition) is 6. The molecule has 3 aromatic rings. The third-order valence-corrected chi connectivity index (χ3v) is 4.90. The lowest BCUT2D eigenvalue weighted by Crippen LogP contribution is -2.14. The molecule has 1 aromatic carbocycles. The molecule has 0 aliphatic rings. The molecule has 0 radical (unpaired) electrons. The molecule has 0 saturated heterocycles. The Morgan fingerprint density at radius 2 is 2.08 bits per heavy atom. The molecule has 0 aliphatic heterocycles. The fourth-order valence-electron chi connectivity index (χ4n) is 2.27. The predicted molar refractivity (Wildman–Crippen MR) is 99.8 cm³/mol. The number of fused-ring (bicyclic) bond motifs is 1. The van der Waals surface area contributed by atoms with Gasteiger partial charge in [-0.1, -0.05) is 22.9 Å². The summed E-state index contributed by atoms with van der Waals surface area (Å²) in [6.07, 6.45) is 4.49. The number of aromatic nitrogens is 2. The van der Waals surface area contributed by atoms with Gasteiger partial charge in [0, 0.05) is 17.8 Å². The van der Waals surface area contributed by atoms with Gasteiger partial charge in [-0.25, -0.2) is 9.78 Å². The van der Waals surface area contributed by atoms with Crippen molar-refractivity contribution in [1.82, 2.24) is 9.38 Å². The summed E-state index contributed by atoms with van der Waals surface area (Å²) in [5, 5.41) is 8.97. The van der Waals surface area contributed by atoms with E-state index in [0.29, 0.717) is 11.5 Å². The molecule has 1 N–H and O–H groups in total. The van der Waals surface area contributed by atoms with Crippen LogP contribution < -0.4 is 15.0 Å². The molecular weight excluding hydrogens is 380 g/mol. The molecule has 0 bridgehead atoms. The first-order valence-corrected chi connectivity index (χ1v) is 8.49. The molecule has 2 heterocycles. The van der Waals surface area contributed by atoms with Crippen LogP contribution in [0.2, 0.25) is 5.02 Å². The second kappa shape index (κ2) is 7.19. The minimum absolute atomic E-state index is 0.00335. The van der Waals surface area contributed by atoms with Crippen LogP contribution in [0.15, 0.2) is 29.2 Å². The van der Waals surface area contributed by atoms with E-state index in [-0.39, 0.29) is 20.6 Å². The highest BCUT2D eigenvalue weighted by Gasteiger charge is 2.15. The van der Waals surface area contributed by atoms with Gasteiger partial charge in [0.15, 0.2) is 4.96 Å². The Hall–Kier alpha value is -2.84. The molecule has 0 aliphatic carbocycles. The SMILES string of the molecule is COc1ccc(/C=C/c2nc3sc(C(=O)O)cn3c(=O)c2Cl)c(OC)c1. The molecule has 7 nitrogen and oxygen atoms in total. The molecule has 0 saturated carbocycles. The van der Waals surface area contributed by atoms with Gasteiger partial charge in [0.2, 0.25) is 0 Å². The highest BCUT2D eigenvalue weighted by Crippen LogP contribution is 2.27. The average molecular weight is 393 g/mol. The van der Waals surface area contributed by atoms with Gasteiger partial charge in [0.1, 0.15) is 21.4 Å². The van der Waals surface area contributed by atoms with E-state index in [1.54, 1.807) is 37.5 Å². The van der Waals surface area contributed by atoms with Crippen molar-refractivity contribution in [3.8, 4) is 11.5 Å². The van der Waals surface area contributed by atoms with E-state index in [0.717, 1.165) is 21.3 Å². The Balaban J connectivity index is 2.06. The van der Waals surface area contributed by atoms with E-state index in [2.05, 4.69) is 4.98 Å². The molecule has 0 spiro atoms. The standard InChI is InChI=1S/C17H13ClN2O5S/c1-24-10-5-3-9(12(7-10)25-2)4-6-11-14(18)15(21)20-8-13(16(22)23)26-17(20)19-11/h3-8H,1-2H3,(H,22,23)/b6-4+. The number of carbonyl (C=O) groups is 1. The number of nitrogens with zero attached hydrogens (tertiary/aromatic N) is 2.